The molecule has 0 spiro atoms. The Morgan fingerprint density at radius 2 is 1.96 bits per heavy atom. The number of aromatic nitrogens is 2. The predicted molar refractivity (Wildman–Crippen MR) is 87.7 cm³/mol. The van der Waals surface area contributed by atoms with Gasteiger partial charge in [0.2, 0.25) is 5.89 Å². The SMILES string of the molecule is Cc1nc(CN2CCN(C(=O)c3ncoc3C(C)C)CC2)oc1C. The molecule has 1 aliphatic rings. The van der Waals surface area contributed by atoms with Crippen molar-refractivity contribution in [2.75, 3.05) is 26.2 Å². The van der Waals surface area contributed by atoms with E-state index in [0.29, 0.717) is 31.1 Å². The number of piperazine rings is 1. The van der Waals surface area contributed by atoms with Crippen molar-refractivity contribution in [3.63, 3.8) is 0 Å². The van der Waals surface area contributed by atoms with E-state index in [2.05, 4.69) is 14.9 Å². The molecule has 130 valence electrons. The van der Waals surface area contributed by atoms with Gasteiger partial charge >= 0.3 is 0 Å². The topological polar surface area (TPSA) is 75.6 Å². The lowest BCUT2D eigenvalue weighted by atomic mass is 10.1. The Kier molecular flexibility index (Phi) is 4.71. The lowest BCUT2D eigenvalue weighted by Gasteiger charge is -2.33. The van der Waals surface area contributed by atoms with Crippen molar-refractivity contribution in [2.45, 2.75) is 40.2 Å². The molecule has 0 saturated carbocycles. The molecule has 1 saturated heterocycles. The first kappa shape index (κ1) is 16.7. The van der Waals surface area contributed by atoms with Gasteiger partial charge in [-0.3, -0.25) is 9.69 Å². The summed E-state index contributed by atoms with van der Waals surface area (Å²) in [5.74, 6) is 2.36. The average molecular weight is 332 g/mol. The summed E-state index contributed by atoms with van der Waals surface area (Å²) in [5, 5.41) is 0. The highest BCUT2D eigenvalue weighted by Crippen LogP contribution is 2.20. The summed E-state index contributed by atoms with van der Waals surface area (Å²) in [7, 11) is 0. The normalized spacial score (nSPS) is 16.1. The Hall–Kier alpha value is -2.15. The van der Waals surface area contributed by atoms with Crippen LogP contribution in [0.25, 0.3) is 0 Å². The molecule has 0 bridgehead atoms. The van der Waals surface area contributed by atoms with E-state index in [4.69, 9.17) is 8.83 Å². The van der Waals surface area contributed by atoms with Gasteiger partial charge in [-0.25, -0.2) is 9.97 Å². The summed E-state index contributed by atoms with van der Waals surface area (Å²) in [5.41, 5.74) is 1.38. The number of nitrogens with zero attached hydrogens (tertiary/aromatic N) is 4. The van der Waals surface area contributed by atoms with Gasteiger partial charge in [0.25, 0.3) is 5.91 Å². The van der Waals surface area contributed by atoms with Crippen LogP contribution in [0.1, 0.15) is 53.4 Å². The van der Waals surface area contributed by atoms with Crippen LogP contribution in [0.2, 0.25) is 0 Å². The van der Waals surface area contributed by atoms with Gasteiger partial charge in [0.15, 0.2) is 12.1 Å². The molecule has 0 aliphatic carbocycles. The van der Waals surface area contributed by atoms with E-state index >= 15 is 0 Å². The van der Waals surface area contributed by atoms with Crippen LogP contribution in [-0.2, 0) is 6.54 Å². The largest absolute Gasteiger partial charge is 0.447 e. The number of amides is 1. The Morgan fingerprint density at radius 3 is 2.54 bits per heavy atom. The molecule has 3 rings (SSSR count). The second-order valence-corrected chi connectivity index (χ2v) is 6.54. The van der Waals surface area contributed by atoms with Crippen molar-refractivity contribution >= 4 is 5.91 Å². The van der Waals surface area contributed by atoms with Crippen molar-refractivity contribution < 1.29 is 13.6 Å². The van der Waals surface area contributed by atoms with E-state index in [1.54, 1.807) is 0 Å². The van der Waals surface area contributed by atoms with Crippen LogP contribution in [0.5, 0.6) is 0 Å². The number of rotatable bonds is 4. The molecular formula is C17H24N4O3. The third-order valence-corrected chi connectivity index (χ3v) is 4.41. The third-order valence-electron chi connectivity index (χ3n) is 4.41. The second-order valence-electron chi connectivity index (χ2n) is 6.54. The smallest absolute Gasteiger partial charge is 0.276 e. The zero-order chi connectivity index (χ0) is 17.3. The Bertz CT molecular complexity index is 692. The molecule has 0 N–H and O–H groups in total. The highest BCUT2D eigenvalue weighted by molar-refractivity contribution is 5.93. The highest BCUT2D eigenvalue weighted by atomic mass is 16.4. The van der Waals surface area contributed by atoms with Gasteiger partial charge in [0.1, 0.15) is 11.5 Å². The van der Waals surface area contributed by atoms with Crippen molar-refractivity contribution in [3.8, 4) is 0 Å². The molecule has 2 aromatic heterocycles. The first-order chi connectivity index (χ1) is 11.5. The van der Waals surface area contributed by atoms with Crippen molar-refractivity contribution in [1.82, 2.24) is 19.8 Å². The molecule has 0 radical (unpaired) electrons. The van der Waals surface area contributed by atoms with Crippen LogP contribution < -0.4 is 0 Å². The highest BCUT2D eigenvalue weighted by Gasteiger charge is 2.27. The molecule has 7 nitrogen and oxygen atoms in total. The number of aryl methyl sites for hydroxylation is 2. The van der Waals surface area contributed by atoms with E-state index < -0.39 is 0 Å². The van der Waals surface area contributed by atoms with E-state index in [9.17, 15) is 4.79 Å². The van der Waals surface area contributed by atoms with Crippen LogP contribution in [0.15, 0.2) is 15.2 Å². The van der Waals surface area contributed by atoms with Crippen molar-refractivity contribution in [2.24, 2.45) is 0 Å². The minimum absolute atomic E-state index is 0.0464. The molecule has 0 aromatic carbocycles. The number of hydrogen-bond acceptors (Lipinski definition) is 6. The molecule has 1 amide bonds. The predicted octanol–water partition coefficient (Wildman–Crippen LogP) is 2.36. The third kappa shape index (κ3) is 3.36. The van der Waals surface area contributed by atoms with E-state index in [1.165, 1.54) is 6.39 Å². The lowest BCUT2D eigenvalue weighted by Crippen LogP contribution is -2.48. The van der Waals surface area contributed by atoms with Crippen molar-refractivity contribution in [3.05, 3.63) is 35.2 Å². The van der Waals surface area contributed by atoms with Gasteiger partial charge in [-0.15, -0.1) is 0 Å². The van der Waals surface area contributed by atoms with Gasteiger partial charge in [-0.05, 0) is 13.8 Å². The van der Waals surface area contributed by atoms with E-state index in [1.807, 2.05) is 32.6 Å². The molecule has 1 aliphatic heterocycles. The first-order valence-electron chi connectivity index (χ1n) is 8.33. The summed E-state index contributed by atoms with van der Waals surface area (Å²) < 4.78 is 11.0. The minimum Gasteiger partial charge on any atom is -0.447 e. The zero-order valence-electron chi connectivity index (χ0n) is 14.7. The summed E-state index contributed by atoms with van der Waals surface area (Å²) in [6.07, 6.45) is 1.35. The minimum atomic E-state index is -0.0464. The maximum Gasteiger partial charge on any atom is 0.276 e. The molecule has 7 heteroatoms. The molecule has 24 heavy (non-hydrogen) atoms. The summed E-state index contributed by atoms with van der Waals surface area (Å²) in [4.78, 5) is 25.3. The van der Waals surface area contributed by atoms with Gasteiger partial charge in [0.05, 0.1) is 12.2 Å². The van der Waals surface area contributed by atoms with E-state index in [-0.39, 0.29) is 11.8 Å². The average Bonchev–Trinajstić information content (AvgIpc) is 3.15. The molecule has 0 atom stereocenters. The van der Waals surface area contributed by atoms with Crippen LogP contribution in [0.3, 0.4) is 0 Å². The zero-order valence-corrected chi connectivity index (χ0v) is 14.7. The number of carbonyl (C=O) groups excluding carboxylic acids is 1. The standard InChI is InChI=1S/C17H24N4O3/c1-11(2)16-15(18-10-23-16)17(22)21-7-5-20(6-8-21)9-14-19-12(3)13(4)24-14/h10-11H,5-9H2,1-4H3. The van der Waals surface area contributed by atoms with Crippen molar-refractivity contribution in [1.29, 1.82) is 0 Å². The lowest BCUT2D eigenvalue weighted by molar-refractivity contribution is 0.0610. The molecule has 3 heterocycles. The fourth-order valence-electron chi connectivity index (χ4n) is 2.88. The number of hydrogen-bond donors (Lipinski definition) is 0. The number of carbonyl (C=O) groups is 1. The Balaban J connectivity index is 1.58. The molecule has 2 aromatic rings. The van der Waals surface area contributed by atoms with Gasteiger partial charge in [-0.2, -0.15) is 0 Å². The first-order valence-corrected chi connectivity index (χ1v) is 8.33. The van der Waals surface area contributed by atoms with Gasteiger partial charge in [-0.1, -0.05) is 13.8 Å². The van der Waals surface area contributed by atoms with Crippen LogP contribution >= 0.6 is 0 Å². The van der Waals surface area contributed by atoms with Gasteiger partial charge < -0.3 is 13.7 Å². The molecular weight excluding hydrogens is 308 g/mol. The van der Waals surface area contributed by atoms with E-state index in [0.717, 1.165) is 30.4 Å². The Labute approximate surface area is 141 Å². The monoisotopic (exact) mass is 332 g/mol. The maximum atomic E-state index is 12.7. The maximum absolute atomic E-state index is 12.7. The fraction of sp³-hybridized carbons (Fsp3) is 0.588. The Morgan fingerprint density at radius 1 is 1.25 bits per heavy atom. The van der Waals surface area contributed by atoms with Crippen LogP contribution in [0.4, 0.5) is 0 Å². The second kappa shape index (κ2) is 6.76. The number of oxazole rings is 2. The van der Waals surface area contributed by atoms with Crippen LogP contribution in [0, 0.1) is 13.8 Å². The summed E-state index contributed by atoms with van der Waals surface area (Å²) >= 11 is 0. The summed E-state index contributed by atoms with van der Waals surface area (Å²) in [6, 6.07) is 0. The summed E-state index contributed by atoms with van der Waals surface area (Å²) in [6.45, 7) is 11.5. The van der Waals surface area contributed by atoms with Gasteiger partial charge in [0, 0.05) is 32.1 Å². The molecule has 0 unspecified atom stereocenters. The van der Waals surface area contributed by atoms with Crippen LogP contribution in [-0.4, -0.2) is 51.9 Å². The fourth-order valence-corrected chi connectivity index (χ4v) is 2.88. The quantitative estimate of drug-likeness (QED) is 0.855. The molecule has 1 fully saturated rings.